The highest BCUT2D eigenvalue weighted by atomic mass is 16.5. The summed E-state index contributed by atoms with van der Waals surface area (Å²) in [6, 6.07) is 9.72. The van der Waals surface area contributed by atoms with Crippen LogP contribution in [-0.4, -0.2) is 89.3 Å². The molecule has 3 aliphatic heterocycles. The van der Waals surface area contributed by atoms with Crippen molar-refractivity contribution in [2.24, 2.45) is 5.41 Å². The molecule has 3 atom stereocenters. The van der Waals surface area contributed by atoms with E-state index in [1.807, 2.05) is 29.2 Å². The smallest absolute Gasteiger partial charge is 0.319 e. The highest BCUT2D eigenvalue weighted by Crippen LogP contribution is 2.45. The number of carbonyl (C=O) groups excluding carboxylic acids is 3. The summed E-state index contributed by atoms with van der Waals surface area (Å²) in [5.74, 6) is -0.276. The van der Waals surface area contributed by atoms with E-state index in [0.29, 0.717) is 56.9 Å². The molecular weight excluding hydrogens is 534 g/mol. The maximum absolute atomic E-state index is 14.3. The van der Waals surface area contributed by atoms with E-state index in [4.69, 9.17) is 9.72 Å². The normalized spacial score (nSPS) is 25.4. The van der Waals surface area contributed by atoms with E-state index in [-0.39, 0.29) is 47.8 Å². The van der Waals surface area contributed by atoms with E-state index in [1.54, 1.807) is 4.90 Å². The topological polar surface area (TPSA) is 132 Å². The Morgan fingerprint density at radius 3 is 2.83 bits per heavy atom. The van der Waals surface area contributed by atoms with E-state index in [2.05, 4.69) is 34.9 Å². The van der Waals surface area contributed by atoms with Crippen molar-refractivity contribution >= 4 is 29.1 Å². The second-order valence-electron chi connectivity index (χ2n) is 11.6. The van der Waals surface area contributed by atoms with Gasteiger partial charge in [-0.15, -0.1) is 0 Å². The molecule has 11 nitrogen and oxygen atoms in total. The highest BCUT2D eigenvalue weighted by Gasteiger charge is 2.53. The van der Waals surface area contributed by atoms with Gasteiger partial charge >= 0.3 is 6.01 Å². The van der Waals surface area contributed by atoms with Gasteiger partial charge in [0.05, 0.1) is 18.5 Å². The molecule has 42 heavy (non-hydrogen) atoms. The Labute approximate surface area is 245 Å². The van der Waals surface area contributed by atoms with Crippen molar-refractivity contribution in [3.63, 3.8) is 0 Å². The van der Waals surface area contributed by atoms with Gasteiger partial charge in [-0.25, -0.2) is 0 Å². The van der Waals surface area contributed by atoms with Crippen LogP contribution >= 0.6 is 0 Å². The maximum atomic E-state index is 14.3. The molecule has 4 aliphatic rings. The van der Waals surface area contributed by atoms with Crippen LogP contribution in [0.2, 0.25) is 0 Å². The van der Waals surface area contributed by atoms with E-state index in [9.17, 15) is 19.6 Å². The van der Waals surface area contributed by atoms with Crippen molar-refractivity contribution in [1.82, 2.24) is 19.8 Å². The molecule has 2 aromatic rings. The fourth-order valence-corrected chi connectivity index (χ4v) is 6.80. The molecule has 1 N–H and O–H groups in total. The molecule has 218 valence electrons. The van der Waals surface area contributed by atoms with Crippen LogP contribution < -0.4 is 15.0 Å². The van der Waals surface area contributed by atoms with Gasteiger partial charge in [-0.05, 0) is 63.4 Å². The lowest BCUT2D eigenvalue weighted by Crippen LogP contribution is -2.55. The van der Waals surface area contributed by atoms with Crippen molar-refractivity contribution in [1.29, 1.82) is 5.26 Å². The Morgan fingerprint density at radius 2 is 2.07 bits per heavy atom. The van der Waals surface area contributed by atoms with Crippen LogP contribution in [-0.2, 0) is 22.4 Å². The highest BCUT2D eigenvalue weighted by molar-refractivity contribution is 6.19. The van der Waals surface area contributed by atoms with E-state index in [1.165, 1.54) is 6.08 Å². The third-order valence-electron chi connectivity index (χ3n) is 9.25. The molecule has 11 heteroatoms. The molecule has 1 spiro atoms. The molecule has 0 saturated carbocycles. The van der Waals surface area contributed by atoms with Crippen LogP contribution in [0.15, 0.2) is 36.9 Å². The molecule has 0 radical (unpaired) electrons. The van der Waals surface area contributed by atoms with E-state index < -0.39 is 5.41 Å². The van der Waals surface area contributed by atoms with Gasteiger partial charge in [0.15, 0.2) is 5.78 Å². The summed E-state index contributed by atoms with van der Waals surface area (Å²) in [6.45, 7) is 6.21. The number of Topliss-reactive ketones (excluding diaryl/α,β-unsaturated/α-hetero) is 1. The molecule has 1 aromatic heterocycles. The SMILES string of the molecule is C=CC(=O)N1CCN(c2nc(OCC3CCCN3C)nc3c2CCC2(Cc4ccccc4NC2=O)C3=O)CC1CC#N. The number of anilines is 2. The third-order valence-corrected chi connectivity index (χ3v) is 9.25. The molecule has 2 fully saturated rings. The van der Waals surface area contributed by atoms with Gasteiger partial charge in [-0.1, -0.05) is 24.8 Å². The lowest BCUT2D eigenvalue weighted by atomic mass is 9.66. The molecule has 6 rings (SSSR count). The summed E-state index contributed by atoms with van der Waals surface area (Å²) in [4.78, 5) is 55.7. The molecule has 2 saturated heterocycles. The average Bonchev–Trinajstić information content (AvgIpc) is 3.42. The van der Waals surface area contributed by atoms with Crippen molar-refractivity contribution in [2.75, 3.05) is 50.1 Å². The number of ether oxygens (including phenoxy) is 1. The number of benzene rings is 1. The minimum atomic E-state index is -1.26. The number of piperazine rings is 1. The van der Waals surface area contributed by atoms with Crippen LogP contribution in [0.5, 0.6) is 6.01 Å². The number of nitrogens with one attached hydrogen (secondary N) is 1. The van der Waals surface area contributed by atoms with Crippen LogP contribution in [0.3, 0.4) is 0 Å². The number of rotatable bonds is 6. The van der Waals surface area contributed by atoms with Gasteiger partial charge < -0.3 is 24.8 Å². The number of hydrogen-bond donors (Lipinski definition) is 1. The van der Waals surface area contributed by atoms with Gasteiger partial charge in [-0.3, -0.25) is 14.4 Å². The zero-order valence-corrected chi connectivity index (χ0v) is 23.8. The molecule has 0 bridgehead atoms. The quantitative estimate of drug-likeness (QED) is 0.411. The number of amides is 2. The summed E-state index contributed by atoms with van der Waals surface area (Å²) in [5, 5.41) is 12.4. The molecule has 1 aliphatic carbocycles. The largest absolute Gasteiger partial charge is 0.462 e. The second-order valence-corrected chi connectivity index (χ2v) is 11.6. The van der Waals surface area contributed by atoms with Gasteiger partial charge in [0, 0.05) is 36.9 Å². The van der Waals surface area contributed by atoms with Crippen molar-refractivity contribution in [2.45, 2.75) is 50.6 Å². The lowest BCUT2D eigenvalue weighted by molar-refractivity contribution is -0.128. The number of nitrogens with zero attached hydrogens (tertiary/aromatic N) is 6. The maximum Gasteiger partial charge on any atom is 0.319 e. The molecule has 4 heterocycles. The number of carbonyl (C=O) groups is 3. The zero-order chi connectivity index (χ0) is 29.4. The fourth-order valence-electron chi connectivity index (χ4n) is 6.80. The number of para-hydroxylation sites is 1. The minimum Gasteiger partial charge on any atom is -0.462 e. The fraction of sp³-hybridized carbons (Fsp3) is 0.484. The Balaban J connectivity index is 1.37. The lowest BCUT2D eigenvalue weighted by Gasteiger charge is -2.43. The van der Waals surface area contributed by atoms with Crippen LogP contribution in [0.25, 0.3) is 0 Å². The van der Waals surface area contributed by atoms with Crippen LogP contribution in [0.4, 0.5) is 11.5 Å². The minimum absolute atomic E-state index is 0.104. The summed E-state index contributed by atoms with van der Waals surface area (Å²) in [6.07, 6.45) is 4.59. The third kappa shape index (κ3) is 4.79. The van der Waals surface area contributed by atoms with Crippen LogP contribution in [0.1, 0.15) is 47.3 Å². The molecular formula is C31H35N7O4. The van der Waals surface area contributed by atoms with Crippen molar-refractivity contribution < 1.29 is 19.1 Å². The first kappa shape index (κ1) is 27.8. The standard InChI is InChI=1S/C31H35N7O4/c1-3-25(39)38-16-15-37(18-21(38)11-13-32)28-23-10-12-31(17-20-7-4-5-9-24(20)33-29(31)41)27(40)26(23)34-30(35-28)42-19-22-8-6-14-36(22)2/h3-5,7,9,21-22H,1,6,8,10-12,14-19H2,2H3,(H,33,41). The van der Waals surface area contributed by atoms with Gasteiger partial charge in [0.25, 0.3) is 0 Å². The van der Waals surface area contributed by atoms with Gasteiger partial charge in [0.1, 0.15) is 23.5 Å². The first-order chi connectivity index (χ1) is 20.3. The van der Waals surface area contributed by atoms with Gasteiger partial charge in [0.2, 0.25) is 11.8 Å². The number of aromatic nitrogens is 2. The summed E-state index contributed by atoms with van der Waals surface area (Å²) >= 11 is 0. The van der Waals surface area contributed by atoms with Crippen molar-refractivity contribution in [3.8, 4) is 12.1 Å². The number of fused-ring (bicyclic) bond motifs is 2. The Hall–Kier alpha value is -4.30. The number of ketones is 1. The Bertz CT molecular complexity index is 1490. The number of likely N-dealkylation sites (N-methyl/N-ethyl adjacent to an activating group) is 1. The molecule has 2 amide bonds. The number of nitriles is 1. The first-order valence-electron chi connectivity index (χ1n) is 14.6. The number of hydrogen-bond acceptors (Lipinski definition) is 9. The molecule has 3 unspecified atom stereocenters. The average molecular weight is 570 g/mol. The van der Waals surface area contributed by atoms with E-state index >= 15 is 0 Å². The first-order valence-corrected chi connectivity index (χ1v) is 14.6. The summed E-state index contributed by atoms with van der Waals surface area (Å²) < 4.78 is 6.14. The number of likely N-dealkylation sites (tertiary alicyclic amines) is 1. The Kier molecular flexibility index (Phi) is 7.41. The summed E-state index contributed by atoms with van der Waals surface area (Å²) in [5.41, 5.74) is 1.30. The predicted molar refractivity (Wildman–Crippen MR) is 155 cm³/mol. The zero-order valence-electron chi connectivity index (χ0n) is 23.8. The predicted octanol–water partition coefficient (Wildman–Crippen LogP) is 2.38. The van der Waals surface area contributed by atoms with Gasteiger partial charge in [-0.2, -0.15) is 15.2 Å². The van der Waals surface area contributed by atoms with Crippen LogP contribution in [0, 0.1) is 16.7 Å². The van der Waals surface area contributed by atoms with E-state index in [0.717, 1.165) is 30.6 Å². The summed E-state index contributed by atoms with van der Waals surface area (Å²) in [7, 11) is 2.06. The Morgan fingerprint density at radius 1 is 1.24 bits per heavy atom. The van der Waals surface area contributed by atoms with Crippen molar-refractivity contribution in [3.05, 3.63) is 53.7 Å². The second kappa shape index (κ2) is 11.2. The monoisotopic (exact) mass is 569 g/mol. The molecule has 1 aromatic carbocycles.